The van der Waals surface area contributed by atoms with Crippen LogP contribution in [0, 0.1) is 18.6 Å². The Kier molecular flexibility index (Phi) is 15.6. The number of nitrogens with zero attached hydrogens (tertiary/aromatic N) is 6. The standard InChI is InChI=1S/C31H33N5O.C23H18ClF2N3O3S/c1-23-5-6-25(18-28(23)20-31-33-13-11-29(34-31)27-4-3-12-32-21-27)19-30(37)26-9-7-24(8-10-26)22-36-16-14-35(2)15-17-36;1-2-9-33(31,32)29-19-8-7-18(25)20(21(19)26)22(30)17-12-28-23-16(17)10-14(11-27-23)13-3-5-15(24)6-4-13/h3-13,18,21H,14-17,19-20,22H2,1-2H3;3-8,10-12,29H,2,9H2,1H3,(H,27,28). The van der Waals surface area contributed by atoms with Gasteiger partial charge in [0.25, 0.3) is 0 Å². The summed E-state index contributed by atoms with van der Waals surface area (Å²) >= 11 is 5.93. The Hall–Kier alpha value is -7.04. The van der Waals surface area contributed by atoms with Gasteiger partial charge in [-0.05, 0) is 96.7 Å². The molecule has 0 atom stereocenters. The molecule has 1 saturated heterocycles. The van der Waals surface area contributed by atoms with Gasteiger partial charge < -0.3 is 9.88 Å². The van der Waals surface area contributed by atoms with E-state index >= 15 is 4.39 Å². The van der Waals surface area contributed by atoms with E-state index in [-0.39, 0.29) is 17.1 Å². The summed E-state index contributed by atoms with van der Waals surface area (Å²) in [7, 11) is -1.67. The van der Waals surface area contributed by atoms with Crippen LogP contribution in [0.3, 0.4) is 0 Å². The molecule has 0 aliphatic carbocycles. The second kappa shape index (κ2) is 22.1. The van der Waals surface area contributed by atoms with Crippen LogP contribution in [0.4, 0.5) is 14.5 Å². The van der Waals surface area contributed by atoms with E-state index < -0.39 is 38.7 Å². The second-order valence-electron chi connectivity index (χ2n) is 17.3. The number of hydrogen-bond acceptors (Lipinski definition) is 10. The number of benzene rings is 4. The maximum absolute atomic E-state index is 15.1. The summed E-state index contributed by atoms with van der Waals surface area (Å²) < 4.78 is 55.8. The first-order chi connectivity index (χ1) is 33.7. The van der Waals surface area contributed by atoms with E-state index in [2.05, 4.69) is 72.7 Å². The molecule has 0 spiro atoms. The normalized spacial score (nSPS) is 13.2. The maximum atomic E-state index is 15.1. The number of ketones is 2. The summed E-state index contributed by atoms with van der Waals surface area (Å²) in [5.74, 6) is -2.68. The number of sulfonamides is 1. The van der Waals surface area contributed by atoms with E-state index in [1.165, 1.54) is 17.3 Å². The van der Waals surface area contributed by atoms with E-state index in [9.17, 15) is 22.4 Å². The van der Waals surface area contributed by atoms with Gasteiger partial charge in [-0.1, -0.05) is 73.1 Å². The Morgan fingerprint density at radius 2 is 1.59 bits per heavy atom. The van der Waals surface area contributed by atoms with Gasteiger partial charge in [0.2, 0.25) is 15.8 Å². The Morgan fingerprint density at radius 1 is 0.829 bits per heavy atom. The number of aromatic amines is 1. The van der Waals surface area contributed by atoms with Gasteiger partial charge in [-0.25, -0.2) is 32.2 Å². The molecule has 12 nitrogen and oxygen atoms in total. The van der Waals surface area contributed by atoms with Crippen LogP contribution in [0.5, 0.6) is 0 Å². The summed E-state index contributed by atoms with van der Waals surface area (Å²) in [5.41, 5.74) is 7.63. The molecule has 4 aromatic heterocycles. The van der Waals surface area contributed by atoms with Crippen molar-refractivity contribution in [3.8, 4) is 22.4 Å². The lowest BCUT2D eigenvalue weighted by Gasteiger charge is -2.32. The molecule has 0 radical (unpaired) electrons. The fourth-order valence-corrected chi connectivity index (χ4v) is 9.41. The number of aromatic nitrogens is 5. The molecule has 4 aromatic carbocycles. The van der Waals surface area contributed by atoms with Crippen LogP contribution in [0.1, 0.15) is 67.7 Å². The minimum absolute atomic E-state index is 0.000297. The number of piperazine rings is 1. The predicted molar refractivity (Wildman–Crippen MR) is 271 cm³/mol. The summed E-state index contributed by atoms with van der Waals surface area (Å²) in [6, 6.07) is 30.7. The quantitative estimate of drug-likeness (QED) is 0.0949. The molecule has 70 heavy (non-hydrogen) atoms. The largest absolute Gasteiger partial charge is 0.345 e. The number of Topliss-reactive ketones (excluding diaryl/α,β-unsaturated/α-hetero) is 1. The van der Waals surface area contributed by atoms with Crippen molar-refractivity contribution >= 4 is 49.9 Å². The van der Waals surface area contributed by atoms with Crippen LogP contribution >= 0.6 is 11.6 Å². The second-order valence-corrected chi connectivity index (χ2v) is 19.6. The number of hydrogen-bond donors (Lipinski definition) is 2. The highest BCUT2D eigenvalue weighted by atomic mass is 35.5. The highest BCUT2D eigenvalue weighted by molar-refractivity contribution is 7.92. The van der Waals surface area contributed by atoms with Crippen molar-refractivity contribution in [3.05, 3.63) is 196 Å². The first-order valence-corrected chi connectivity index (χ1v) is 24.9. The molecule has 0 unspecified atom stereocenters. The molecule has 8 aromatic rings. The van der Waals surface area contributed by atoms with Crippen molar-refractivity contribution in [2.45, 2.75) is 39.7 Å². The first-order valence-electron chi connectivity index (χ1n) is 22.8. The SMILES string of the molecule is CCCS(=O)(=O)Nc1ccc(F)c(C(=O)c2c[nH]c3ncc(-c4ccc(Cl)cc4)cc23)c1F.Cc1ccc(CC(=O)c2ccc(CN3CCN(C)CC3)cc2)cc1Cc1nccc(-c2cccnc2)n1. The lowest BCUT2D eigenvalue weighted by atomic mass is 9.97. The van der Waals surface area contributed by atoms with E-state index in [1.807, 2.05) is 42.6 Å². The molecule has 1 aliphatic rings. The van der Waals surface area contributed by atoms with Gasteiger partial charge in [0.1, 0.15) is 17.3 Å². The van der Waals surface area contributed by atoms with Gasteiger partial charge in [0.15, 0.2) is 11.6 Å². The third-order valence-electron chi connectivity index (χ3n) is 12.1. The van der Waals surface area contributed by atoms with Crippen molar-refractivity contribution in [1.82, 2.24) is 34.7 Å². The minimum Gasteiger partial charge on any atom is -0.345 e. The summed E-state index contributed by atoms with van der Waals surface area (Å²) in [4.78, 5) is 51.6. The number of nitrogens with one attached hydrogen (secondary N) is 2. The molecule has 0 saturated carbocycles. The van der Waals surface area contributed by atoms with Crippen molar-refractivity contribution in [2.75, 3.05) is 43.7 Å². The van der Waals surface area contributed by atoms with E-state index in [4.69, 9.17) is 16.6 Å². The number of fused-ring (bicyclic) bond motifs is 1. The molecule has 0 bridgehead atoms. The first kappa shape index (κ1) is 49.4. The van der Waals surface area contributed by atoms with Gasteiger partial charge in [-0.3, -0.25) is 24.2 Å². The lowest BCUT2D eigenvalue weighted by Crippen LogP contribution is -2.43. The fourth-order valence-electron chi connectivity index (χ4n) is 8.16. The predicted octanol–water partition coefficient (Wildman–Crippen LogP) is 10.2. The van der Waals surface area contributed by atoms with Crippen LogP contribution in [-0.2, 0) is 29.4 Å². The van der Waals surface area contributed by atoms with Crippen molar-refractivity contribution in [2.24, 2.45) is 0 Å². The number of aryl methyl sites for hydroxylation is 1. The highest BCUT2D eigenvalue weighted by Gasteiger charge is 2.26. The van der Waals surface area contributed by atoms with Crippen LogP contribution in [0.25, 0.3) is 33.4 Å². The monoisotopic (exact) mass is 980 g/mol. The van der Waals surface area contributed by atoms with Crippen molar-refractivity contribution < 1.29 is 26.8 Å². The zero-order chi connectivity index (χ0) is 49.4. The third-order valence-corrected chi connectivity index (χ3v) is 13.8. The Balaban J connectivity index is 0.000000190. The molecule has 5 heterocycles. The Bertz CT molecular complexity index is 3260. The molecule has 16 heteroatoms. The molecule has 0 amide bonds. The average Bonchev–Trinajstić information content (AvgIpc) is 3.79. The van der Waals surface area contributed by atoms with Gasteiger partial charge in [-0.15, -0.1) is 0 Å². The van der Waals surface area contributed by atoms with E-state index in [0.717, 1.165) is 84.2 Å². The van der Waals surface area contributed by atoms with Gasteiger partial charge in [0.05, 0.1) is 22.7 Å². The topological polar surface area (TPSA) is 154 Å². The number of H-pyrrole nitrogens is 1. The minimum atomic E-state index is -3.84. The molecule has 1 fully saturated rings. The number of carbonyl (C=O) groups is 2. The number of halogens is 3. The maximum Gasteiger partial charge on any atom is 0.232 e. The Labute approximate surface area is 410 Å². The van der Waals surface area contributed by atoms with Crippen LogP contribution in [0.2, 0.25) is 5.02 Å². The number of pyridine rings is 2. The van der Waals surface area contributed by atoms with Crippen LogP contribution < -0.4 is 4.72 Å². The highest BCUT2D eigenvalue weighted by Crippen LogP contribution is 2.30. The molecule has 358 valence electrons. The summed E-state index contributed by atoms with van der Waals surface area (Å²) in [5, 5.41) is 0.925. The third kappa shape index (κ3) is 12.2. The Morgan fingerprint density at radius 3 is 2.31 bits per heavy atom. The smallest absolute Gasteiger partial charge is 0.232 e. The van der Waals surface area contributed by atoms with E-state index in [0.29, 0.717) is 40.9 Å². The number of carbonyl (C=O) groups excluding carboxylic acids is 2. The van der Waals surface area contributed by atoms with Crippen LogP contribution in [0.15, 0.2) is 134 Å². The molecule has 1 aliphatic heterocycles. The van der Waals surface area contributed by atoms with Gasteiger partial charge in [-0.2, -0.15) is 0 Å². The molecular formula is C54H51ClF2N8O4S. The fraction of sp³-hybridized carbons (Fsp3) is 0.222. The van der Waals surface area contributed by atoms with Crippen LogP contribution in [-0.4, -0.2) is 93.7 Å². The summed E-state index contributed by atoms with van der Waals surface area (Å²) in [6.45, 7) is 9.07. The zero-order valence-corrected chi connectivity index (χ0v) is 40.5. The number of likely N-dealkylation sites (N-methyl/N-ethyl adjacent to an activating group) is 1. The molecular weight excluding hydrogens is 930 g/mol. The zero-order valence-electron chi connectivity index (χ0n) is 38.9. The number of anilines is 1. The van der Waals surface area contributed by atoms with Crippen molar-refractivity contribution in [3.63, 3.8) is 0 Å². The molecule has 9 rings (SSSR count). The number of rotatable bonds is 15. The lowest BCUT2D eigenvalue weighted by molar-refractivity contribution is 0.0991. The van der Waals surface area contributed by atoms with Gasteiger partial charge >= 0.3 is 0 Å². The van der Waals surface area contributed by atoms with E-state index in [1.54, 1.807) is 55.8 Å². The average molecular weight is 982 g/mol. The van der Waals surface area contributed by atoms with Crippen molar-refractivity contribution in [1.29, 1.82) is 0 Å². The molecule has 2 N–H and O–H groups in total. The summed E-state index contributed by atoms with van der Waals surface area (Å²) in [6.07, 6.45) is 9.57. The van der Waals surface area contributed by atoms with Gasteiger partial charge in [0, 0.05) is 109 Å².